The molecule has 8 heteroatoms. The summed E-state index contributed by atoms with van der Waals surface area (Å²) in [5.74, 6) is 0.450. The third-order valence-corrected chi connectivity index (χ3v) is 4.09. The number of amides is 1. The van der Waals surface area contributed by atoms with Crippen molar-refractivity contribution in [2.24, 2.45) is 11.0 Å². The summed E-state index contributed by atoms with van der Waals surface area (Å²) in [4.78, 5) is 23.0. The van der Waals surface area contributed by atoms with E-state index < -0.39 is 5.60 Å². The number of carbonyl (C=O) groups is 1. The first-order valence-corrected chi connectivity index (χ1v) is 7.62. The lowest BCUT2D eigenvalue weighted by atomic mass is 9.91. The van der Waals surface area contributed by atoms with Gasteiger partial charge >= 0.3 is 6.09 Å². The summed E-state index contributed by atoms with van der Waals surface area (Å²) in [5.41, 5.74) is 9.45. The van der Waals surface area contributed by atoms with Gasteiger partial charge in [0.2, 0.25) is 0 Å². The van der Waals surface area contributed by atoms with Crippen LogP contribution in [0.25, 0.3) is 10.4 Å². The Bertz CT molecular complexity index is 664. The van der Waals surface area contributed by atoms with Crippen LogP contribution in [0.4, 0.5) is 16.2 Å². The highest BCUT2D eigenvalue weighted by Crippen LogP contribution is 2.37. The summed E-state index contributed by atoms with van der Waals surface area (Å²) in [6, 6.07) is 2.09. The van der Waals surface area contributed by atoms with E-state index in [1.54, 1.807) is 11.1 Å². The Balaban J connectivity index is 1.67. The Hall–Kier alpha value is -2.47. The van der Waals surface area contributed by atoms with Crippen molar-refractivity contribution >= 4 is 17.5 Å². The van der Waals surface area contributed by atoms with E-state index in [0.717, 1.165) is 18.8 Å². The first-order valence-electron chi connectivity index (χ1n) is 7.62. The highest BCUT2D eigenvalue weighted by atomic mass is 16.6. The molecule has 0 N–H and O–H groups in total. The SMILES string of the molecule is CC(C)(C)OC(=O)N1C[C@@H]2CN(c3cncc(N=[N+]=[N-])c3)[C@@H]2C1. The zero-order chi connectivity index (χ0) is 16.6. The van der Waals surface area contributed by atoms with Crippen LogP contribution in [0.1, 0.15) is 20.8 Å². The van der Waals surface area contributed by atoms with Gasteiger partial charge < -0.3 is 14.5 Å². The number of anilines is 1. The molecule has 0 spiro atoms. The summed E-state index contributed by atoms with van der Waals surface area (Å²) >= 11 is 0. The molecular formula is C15H20N6O2. The molecule has 8 nitrogen and oxygen atoms in total. The van der Waals surface area contributed by atoms with Gasteiger partial charge in [0.05, 0.1) is 23.6 Å². The largest absolute Gasteiger partial charge is 0.444 e. The molecule has 0 radical (unpaired) electrons. The molecule has 0 aliphatic carbocycles. The predicted molar refractivity (Wildman–Crippen MR) is 85.5 cm³/mol. The van der Waals surface area contributed by atoms with E-state index in [1.807, 2.05) is 26.8 Å². The average Bonchev–Trinajstić information content (AvgIpc) is 2.76. The molecule has 0 aromatic carbocycles. The fourth-order valence-electron chi connectivity index (χ4n) is 3.09. The molecule has 2 aliphatic heterocycles. The van der Waals surface area contributed by atoms with Crippen LogP contribution in [-0.4, -0.2) is 47.3 Å². The Kier molecular flexibility index (Phi) is 3.77. The van der Waals surface area contributed by atoms with Crippen LogP contribution in [0.5, 0.6) is 0 Å². The molecular weight excluding hydrogens is 296 g/mol. The number of pyridine rings is 1. The molecule has 23 heavy (non-hydrogen) atoms. The van der Waals surface area contributed by atoms with Gasteiger partial charge in [0.25, 0.3) is 0 Å². The topological polar surface area (TPSA) is 94.4 Å². The van der Waals surface area contributed by atoms with Gasteiger partial charge in [-0.3, -0.25) is 4.98 Å². The van der Waals surface area contributed by atoms with E-state index in [2.05, 4.69) is 19.9 Å². The van der Waals surface area contributed by atoms with Gasteiger partial charge in [-0.25, -0.2) is 4.79 Å². The summed E-state index contributed by atoms with van der Waals surface area (Å²) < 4.78 is 5.44. The Morgan fingerprint density at radius 3 is 2.87 bits per heavy atom. The lowest BCUT2D eigenvalue weighted by Gasteiger charge is -2.45. The van der Waals surface area contributed by atoms with Gasteiger partial charge in [-0.15, -0.1) is 0 Å². The predicted octanol–water partition coefficient (Wildman–Crippen LogP) is 3.08. The monoisotopic (exact) mass is 316 g/mol. The van der Waals surface area contributed by atoms with Crippen LogP contribution in [0.3, 0.4) is 0 Å². The van der Waals surface area contributed by atoms with E-state index in [1.165, 1.54) is 6.20 Å². The minimum absolute atomic E-state index is 0.257. The van der Waals surface area contributed by atoms with Gasteiger partial charge in [0.15, 0.2) is 0 Å². The molecule has 2 atom stereocenters. The van der Waals surface area contributed by atoms with Crippen molar-refractivity contribution < 1.29 is 9.53 Å². The number of hydrogen-bond acceptors (Lipinski definition) is 5. The van der Waals surface area contributed by atoms with Gasteiger partial charge in [-0.05, 0) is 32.4 Å². The Morgan fingerprint density at radius 2 is 2.17 bits per heavy atom. The van der Waals surface area contributed by atoms with E-state index >= 15 is 0 Å². The number of nitrogens with zero attached hydrogens (tertiary/aromatic N) is 6. The van der Waals surface area contributed by atoms with Crippen LogP contribution >= 0.6 is 0 Å². The van der Waals surface area contributed by atoms with E-state index in [0.29, 0.717) is 18.2 Å². The summed E-state index contributed by atoms with van der Waals surface area (Å²) in [6.45, 7) is 7.84. The number of likely N-dealkylation sites (tertiary alicyclic amines) is 1. The zero-order valence-corrected chi connectivity index (χ0v) is 13.5. The molecule has 2 fully saturated rings. The maximum absolute atomic E-state index is 12.2. The van der Waals surface area contributed by atoms with Crippen LogP contribution in [-0.2, 0) is 4.74 Å². The smallest absolute Gasteiger partial charge is 0.410 e. The molecule has 1 amide bonds. The minimum Gasteiger partial charge on any atom is -0.444 e. The van der Waals surface area contributed by atoms with Crippen molar-refractivity contribution in [3.05, 3.63) is 28.9 Å². The Labute approximate surface area is 134 Å². The molecule has 0 bridgehead atoms. The number of carbonyl (C=O) groups excluding carboxylic acids is 1. The zero-order valence-electron chi connectivity index (χ0n) is 13.5. The van der Waals surface area contributed by atoms with Crippen LogP contribution in [0.15, 0.2) is 23.6 Å². The number of rotatable bonds is 2. The van der Waals surface area contributed by atoms with Crippen molar-refractivity contribution in [2.75, 3.05) is 24.5 Å². The highest BCUT2D eigenvalue weighted by molar-refractivity contribution is 5.69. The molecule has 2 aliphatic rings. The maximum atomic E-state index is 12.2. The number of ether oxygens (including phenoxy) is 1. The second-order valence-corrected chi connectivity index (χ2v) is 6.96. The normalized spacial score (nSPS) is 22.9. The summed E-state index contributed by atoms with van der Waals surface area (Å²) in [5, 5.41) is 3.58. The van der Waals surface area contributed by atoms with Crippen molar-refractivity contribution in [2.45, 2.75) is 32.4 Å². The third-order valence-electron chi connectivity index (χ3n) is 4.09. The molecule has 0 saturated carbocycles. The standard InChI is InChI=1S/C15H20N6O2/c1-15(2,3)23-14(22)20-7-10-8-21(13(10)9-20)12-4-11(18-19-16)5-17-6-12/h4-6,10,13H,7-9H2,1-3H3/t10-,13-/m1/s1. The second-order valence-electron chi connectivity index (χ2n) is 6.96. The van der Waals surface area contributed by atoms with Crippen molar-refractivity contribution in [3.8, 4) is 0 Å². The van der Waals surface area contributed by atoms with Crippen LogP contribution < -0.4 is 4.90 Å². The second kappa shape index (κ2) is 5.62. The average molecular weight is 316 g/mol. The first kappa shape index (κ1) is 15.4. The van der Waals surface area contributed by atoms with Gasteiger partial charge in [0, 0.05) is 36.7 Å². The lowest BCUT2D eigenvalue weighted by molar-refractivity contribution is 0.0291. The van der Waals surface area contributed by atoms with E-state index in [-0.39, 0.29) is 12.1 Å². The molecule has 3 rings (SSSR count). The van der Waals surface area contributed by atoms with Crippen molar-refractivity contribution in [1.82, 2.24) is 9.88 Å². The maximum Gasteiger partial charge on any atom is 0.410 e. The number of azide groups is 1. The molecule has 0 unspecified atom stereocenters. The Morgan fingerprint density at radius 1 is 1.39 bits per heavy atom. The number of aromatic nitrogens is 1. The molecule has 3 heterocycles. The van der Waals surface area contributed by atoms with Gasteiger partial charge in [-0.1, -0.05) is 5.11 Å². The van der Waals surface area contributed by atoms with Crippen LogP contribution in [0, 0.1) is 5.92 Å². The summed E-state index contributed by atoms with van der Waals surface area (Å²) in [6.07, 6.45) is 3.03. The molecule has 2 saturated heterocycles. The quantitative estimate of drug-likeness (QED) is 0.476. The molecule has 122 valence electrons. The van der Waals surface area contributed by atoms with E-state index in [4.69, 9.17) is 10.3 Å². The summed E-state index contributed by atoms with van der Waals surface area (Å²) in [7, 11) is 0. The van der Waals surface area contributed by atoms with Crippen molar-refractivity contribution in [3.63, 3.8) is 0 Å². The van der Waals surface area contributed by atoms with Crippen LogP contribution in [0.2, 0.25) is 0 Å². The number of hydrogen-bond donors (Lipinski definition) is 0. The number of fused-ring (bicyclic) bond motifs is 1. The minimum atomic E-state index is -0.480. The van der Waals surface area contributed by atoms with Gasteiger partial charge in [-0.2, -0.15) is 0 Å². The lowest BCUT2D eigenvalue weighted by Crippen LogP contribution is -2.55. The third kappa shape index (κ3) is 3.17. The molecule has 1 aromatic heterocycles. The first-order chi connectivity index (χ1) is 10.9. The van der Waals surface area contributed by atoms with Crippen molar-refractivity contribution in [1.29, 1.82) is 0 Å². The highest BCUT2D eigenvalue weighted by Gasteiger charge is 2.47. The fourth-order valence-corrected chi connectivity index (χ4v) is 3.09. The molecule has 1 aromatic rings. The van der Waals surface area contributed by atoms with E-state index in [9.17, 15) is 4.79 Å². The fraction of sp³-hybridized carbons (Fsp3) is 0.600. The van der Waals surface area contributed by atoms with Gasteiger partial charge in [0.1, 0.15) is 5.60 Å².